The van der Waals surface area contributed by atoms with Crippen LogP contribution in [-0.2, 0) is 6.54 Å². The van der Waals surface area contributed by atoms with E-state index < -0.39 is 0 Å². The molecular weight excluding hydrogens is 318 g/mol. The van der Waals surface area contributed by atoms with E-state index >= 15 is 0 Å². The summed E-state index contributed by atoms with van der Waals surface area (Å²) >= 11 is 5.63. The summed E-state index contributed by atoms with van der Waals surface area (Å²) in [4.78, 5) is 4.35. The molecule has 0 bridgehead atoms. The summed E-state index contributed by atoms with van der Waals surface area (Å²) in [5.41, 5.74) is 2.21. The van der Waals surface area contributed by atoms with Gasteiger partial charge in [-0.05, 0) is 56.1 Å². The molecule has 24 heavy (non-hydrogen) atoms. The van der Waals surface area contributed by atoms with Gasteiger partial charge in [0.15, 0.2) is 5.11 Å². The van der Waals surface area contributed by atoms with Crippen molar-refractivity contribution in [3.8, 4) is 5.75 Å². The Balaban J connectivity index is 2.04. The molecule has 4 nitrogen and oxygen atoms in total. The van der Waals surface area contributed by atoms with E-state index in [-0.39, 0.29) is 0 Å². The molecule has 0 aliphatic heterocycles. The lowest BCUT2D eigenvalue weighted by molar-refractivity contribution is 0.328. The summed E-state index contributed by atoms with van der Waals surface area (Å²) in [7, 11) is 5.80. The maximum atomic E-state index is 5.63. The largest absolute Gasteiger partial charge is 0.497 e. The standard InChI is InChI=1S/C19H25N3OS/c1-21(2)13-14-22(15-16-7-5-4-6-8-16)19(24)20-17-9-11-18(23-3)12-10-17/h4-12H,13-15H2,1-3H3,(H,20,24). The molecule has 1 N–H and O–H groups in total. The molecule has 0 amide bonds. The first-order chi connectivity index (χ1) is 11.6. The monoisotopic (exact) mass is 343 g/mol. The lowest BCUT2D eigenvalue weighted by Crippen LogP contribution is -2.38. The van der Waals surface area contributed by atoms with Gasteiger partial charge in [0.2, 0.25) is 0 Å². The zero-order chi connectivity index (χ0) is 17.4. The fraction of sp³-hybridized carbons (Fsp3) is 0.316. The van der Waals surface area contributed by atoms with Crippen LogP contribution in [-0.4, -0.2) is 49.2 Å². The van der Waals surface area contributed by atoms with Gasteiger partial charge in [0.05, 0.1) is 7.11 Å². The van der Waals surface area contributed by atoms with Crippen molar-refractivity contribution in [1.29, 1.82) is 0 Å². The minimum atomic E-state index is 0.728. The summed E-state index contributed by atoms with van der Waals surface area (Å²) in [5, 5.41) is 4.05. The molecule has 0 radical (unpaired) electrons. The highest BCUT2D eigenvalue weighted by molar-refractivity contribution is 7.80. The van der Waals surface area contributed by atoms with Crippen LogP contribution >= 0.6 is 12.2 Å². The van der Waals surface area contributed by atoms with Crippen LogP contribution in [0.5, 0.6) is 5.75 Å². The van der Waals surface area contributed by atoms with E-state index in [1.54, 1.807) is 7.11 Å². The minimum Gasteiger partial charge on any atom is -0.497 e. The van der Waals surface area contributed by atoms with Gasteiger partial charge in [0, 0.05) is 25.3 Å². The Kier molecular flexibility index (Phi) is 7.03. The van der Waals surface area contributed by atoms with Crippen LogP contribution in [0.3, 0.4) is 0 Å². The second kappa shape index (κ2) is 9.25. The summed E-state index contributed by atoms with van der Waals surface area (Å²) in [6.45, 7) is 2.60. The number of hydrogen-bond acceptors (Lipinski definition) is 3. The number of ether oxygens (including phenoxy) is 1. The van der Waals surface area contributed by atoms with Crippen molar-refractivity contribution in [3.63, 3.8) is 0 Å². The van der Waals surface area contributed by atoms with Gasteiger partial charge in [-0.3, -0.25) is 0 Å². The smallest absolute Gasteiger partial charge is 0.173 e. The highest BCUT2D eigenvalue weighted by Crippen LogP contribution is 2.16. The maximum absolute atomic E-state index is 5.63. The summed E-state index contributed by atoms with van der Waals surface area (Å²) in [6.07, 6.45) is 0. The molecule has 0 saturated carbocycles. The topological polar surface area (TPSA) is 27.7 Å². The Labute approximate surface area is 150 Å². The van der Waals surface area contributed by atoms with Crippen LogP contribution < -0.4 is 10.1 Å². The van der Waals surface area contributed by atoms with Gasteiger partial charge in [-0.15, -0.1) is 0 Å². The second-order valence-corrected chi connectivity index (χ2v) is 6.26. The number of likely N-dealkylation sites (N-methyl/N-ethyl adjacent to an activating group) is 1. The third kappa shape index (κ3) is 5.83. The molecule has 0 atom stereocenters. The maximum Gasteiger partial charge on any atom is 0.173 e. The number of anilines is 1. The summed E-state index contributed by atoms with van der Waals surface area (Å²) < 4.78 is 5.19. The Morgan fingerprint density at radius 2 is 1.67 bits per heavy atom. The summed E-state index contributed by atoms with van der Waals surface area (Å²) in [5.74, 6) is 0.834. The van der Waals surface area contributed by atoms with Crippen LogP contribution in [0.25, 0.3) is 0 Å². The molecule has 0 unspecified atom stereocenters. The number of nitrogens with zero attached hydrogens (tertiary/aromatic N) is 2. The van der Waals surface area contributed by atoms with E-state index in [9.17, 15) is 0 Å². The first kappa shape index (κ1) is 18.2. The molecule has 0 saturated heterocycles. The van der Waals surface area contributed by atoms with Crippen LogP contribution in [0.15, 0.2) is 54.6 Å². The lowest BCUT2D eigenvalue weighted by atomic mass is 10.2. The molecule has 0 aromatic heterocycles. The Morgan fingerprint density at radius 3 is 2.25 bits per heavy atom. The van der Waals surface area contributed by atoms with Crippen molar-refractivity contribution < 1.29 is 4.74 Å². The molecule has 5 heteroatoms. The highest BCUT2D eigenvalue weighted by atomic mass is 32.1. The Morgan fingerprint density at radius 1 is 1.00 bits per heavy atom. The molecule has 0 aliphatic rings. The molecule has 0 aliphatic carbocycles. The van der Waals surface area contributed by atoms with Crippen molar-refractivity contribution in [2.24, 2.45) is 0 Å². The third-order valence-corrected chi connectivity index (χ3v) is 4.02. The highest BCUT2D eigenvalue weighted by Gasteiger charge is 2.11. The van der Waals surface area contributed by atoms with E-state index in [0.29, 0.717) is 0 Å². The van der Waals surface area contributed by atoms with Gasteiger partial charge in [-0.1, -0.05) is 30.3 Å². The van der Waals surface area contributed by atoms with Gasteiger partial charge < -0.3 is 19.9 Å². The quantitative estimate of drug-likeness (QED) is 0.777. The molecular formula is C19H25N3OS. The van der Waals surface area contributed by atoms with Crippen molar-refractivity contribution >= 4 is 23.0 Å². The van der Waals surface area contributed by atoms with Crippen LogP contribution in [0.1, 0.15) is 5.56 Å². The molecule has 0 heterocycles. The van der Waals surface area contributed by atoms with E-state index in [2.05, 4.69) is 53.5 Å². The number of nitrogens with one attached hydrogen (secondary N) is 1. The van der Waals surface area contributed by atoms with E-state index in [1.165, 1.54) is 5.56 Å². The van der Waals surface area contributed by atoms with Crippen LogP contribution in [0, 0.1) is 0 Å². The molecule has 0 spiro atoms. The number of rotatable bonds is 7. The van der Waals surface area contributed by atoms with Gasteiger partial charge in [0.1, 0.15) is 5.75 Å². The number of methoxy groups -OCH3 is 1. The van der Waals surface area contributed by atoms with E-state index in [0.717, 1.165) is 36.2 Å². The normalized spacial score (nSPS) is 10.5. The zero-order valence-electron chi connectivity index (χ0n) is 14.5. The average molecular weight is 343 g/mol. The molecule has 0 fully saturated rings. The van der Waals surface area contributed by atoms with Gasteiger partial charge in [-0.25, -0.2) is 0 Å². The van der Waals surface area contributed by atoms with Crippen molar-refractivity contribution in [2.75, 3.05) is 39.6 Å². The van der Waals surface area contributed by atoms with Gasteiger partial charge >= 0.3 is 0 Å². The number of thiocarbonyl (C=S) groups is 1. The number of hydrogen-bond donors (Lipinski definition) is 1. The lowest BCUT2D eigenvalue weighted by Gasteiger charge is -2.27. The first-order valence-electron chi connectivity index (χ1n) is 7.97. The molecule has 128 valence electrons. The molecule has 2 aromatic carbocycles. The number of benzene rings is 2. The Bertz CT molecular complexity index is 629. The van der Waals surface area contributed by atoms with E-state index in [4.69, 9.17) is 17.0 Å². The fourth-order valence-corrected chi connectivity index (χ4v) is 2.53. The fourth-order valence-electron chi connectivity index (χ4n) is 2.25. The zero-order valence-corrected chi connectivity index (χ0v) is 15.3. The predicted octanol–water partition coefficient (Wildman–Crippen LogP) is 3.46. The summed E-state index contributed by atoms with van der Waals surface area (Å²) in [6, 6.07) is 18.2. The van der Waals surface area contributed by atoms with E-state index in [1.807, 2.05) is 30.3 Å². The van der Waals surface area contributed by atoms with Crippen molar-refractivity contribution in [1.82, 2.24) is 9.80 Å². The van der Waals surface area contributed by atoms with Crippen molar-refractivity contribution in [2.45, 2.75) is 6.54 Å². The molecule has 2 aromatic rings. The Hall–Kier alpha value is -2.11. The molecule has 2 rings (SSSR count). The predicted molar refractivity (Wildman–Crippen MR) is 105 cm³/mol. The van der Waals surface area contributed by atoms with Crippen LogP contribution in [0.4, 0.5) is 5.69 Å². The first-order valence-corrected chi connectivity index (χ1v) is 8.38. The van der Waals surface area contributed by atoms with Crippen molar-refractivity contribution in [3.05, 3.63) is 60.2 Å². The SMILES string of the molecule is COc1ccc(NC(=S)N(CCN(C)C)Cc2ccccc2)cc1. The van der Waals surface area contributed by atoms with Gasteiger partial charge in [0.25, 0.3) is 0 Å². The average Bonchev–Trinajstić information content (AvgIpc) is 2.60. The third-order valence-electron chi connectivity index (χ3n) is 3.66. The van der Waals surface area contributed by atoms with Gasteiger partial charge in [-0.2, -0.15) is 0 Å². The minimum absolute atomic E-state index is 0.728. The second-order valence-electron chi connectivity index (χ2n) is 5.87. The van der Waals surface area contributed by atoms with Crippen LogP contribution in [0.2, 0.25) is 0 Å².